The molecule has 1 rings (SSSR count). The average molecular weight is 192 g/mol. The van der Waals surface area contributed by atoms with Gasteiger partial charge in [0.25, 0.3) is 0 Å². The Bertz CT molecular complexity index is 299. The molecular weight excluding hydrogens is 176 g/mol. The Hall–Kier alpha value is -1.31. The van der Waals surface area contributed by atoms with E-state index in [0.29, 0.717) is 0 Å². The minimum Gasteiger partial charge on any atom is -0.466 e. The van der Waals surface area contributed by atoms with Crippen molar-refractivity contribution in [3.8, 4) is 0 Å². The van der Waals surface area contributed by atoms with Crippen LogP contribution in [-0.4, -0.2) is 13.1 Å². The number of hydrogen-bond donors (Lipinski definition) is 0. The van der Waals surface area contributed by atoms with E-state index in [1.165, 1.54) is 7.11 Å². The number of rotatable bonds is 3. The van der Waals surface area contributed by atoms with Gasteiger partial charge in [0.1, 0.15) is 0 Å². The highest BCUT2D eigenvalue weighted by atomic mass is 16.5. The molecule has 0 unspecified atom stereocenters. The molecule has 0 bridgehead atoms. The largest absolute Gasteiger partial charge is 0.466 e. The molecule has 0 heterocycles. The van der Waals surface area contributed by atoms with Crippen molar-refractivity contribution in [3.05, 3.63) is 36.5 Å². The molecule has 0 aliphatic heterocycles. The van der Waals surface area contributed by atoms with Crippen molar-refractivity contribution in [2.45, 2.75) is 13.3 Å². The van der Waals surface area contributed by atoms with Gasteiger partial charge < -0.3 is 4.74 Å². The van der Waals surface area contributed by atoms with Crippen molar-refractivity contribution in [1.29, 1.82) is 0 Å². The molecule has 0 saturated carbocycles. The summed E-state index contributed by atoms with van der Waals surface area (Å²) >= 11 is 0. The van der Waals surface area contributed by atoms with E-state index in [1.807, 2.05) is 13.0 Å². The monoisotopic (exact) mass is 192 g/mol. The van der Waals surface area contributed by atoms with Crippen molar-refractivity contribution in [3.63, 3.8) is 0 Å². The number of methoxy groups -OCH3 is 1. The van der Waals surface area contributed by atoms with Crippen molar-refractivity contribution >= 4 is 5.97 Å². The van der Waals surface area contributed by atoms with E-state index in [0.717, 1.165) is 17.6 Å². The van der Waals surface area contributed by atoms with Gasteiger partial charge in [-0.05, 0) is 19.3 Å². The van der Waals surface area contributed by atoms with E-state index in [2.05, 4.69) is 13.2 Å². The molecule has 2 atom stereocenters. The number of hydrogen-bond acceptors (Lipinski definition) is 2. The Balaban J connectivity index is 3.05. The molecule has 14 heavy (non-hydrogen) atoms. The molecule has 0 N–H and O–H groups in total. The number of esters is 1. The fourth-order valence-electron chi connectivity index (χ4n) is 1.97. The fraction of sp³-hybridized carbons (Fsp3) is 0.417. The van der Waals surface area contributed by atoms with Crippen LogP contribution in [0.2, 0.25) is 0 Å². The zero-order chi connectivity index (χ0) is 10.7. The third kappa shape index (κ3) is 1.65. The topological polar surface area (TPSA) is 26.3 Å². The van der Waals surface area contributed by atoms with Crippen LogP contribution in [0.15, 0.2) is 36.5 Å². The van der Waals surface area contributed by atoms with E-state index in [9.17, 15) is 4.79 Å². The van der Waals surface area contributed by atoms with Crippen LogP contribution in [0.4, 0.5) is 0 Å². The maximum absolute atomic E-state index is 11.5. The summed E-state index contributed by atoms with van der Waals surface area (Å²) in [6, 6.07) is 0. The molecule has 0 fully saturated rings. The van der Waals surface area contributed by atoms with Gasteiger partial charge in [0.05, 0.1) is 7.11 Å². The first-order chi connectivity index (χ1) is 6.65. The van der Waals surface area contributed by atoms with Crippen LogP contribution >= 0.6 is 0 Å². The summed E-state index contributed by atoms with van der Waals surface area (Å²) in [7, 11) is 1.41. The lowest BCUT2D eigenvalue weighted by Crippen LogP contribution is -2.10. The molecule has 2 nitrogen and oxygen atoms in total. The highest BCUT2D eigenvalue weighted by molar-refractivity contribution is 5.91. The maximum atomic E-state index is 11.5. The normalized spacial score (nSPS) is 26.1. The Morgan fingerprint density at radius 1 is 1.43 bits per heavy atom. The van der Waals surface area contributed by atoms with Crippen LogP contribution in [0.5, 0.6) is 0 Å². The second-order valence-electron chi connectivity index (χ2n) is 3.51. The van der Waals surface area contributed by atoms with Gasteiger partial charge in [-0.25, -0.2) is 4.79 Å². The second-order valence-corrected chi connectivity index (χ2v) is 3.51. The summed E-state index contributed by atoms with van der Waals surface area (Å²) in [5.74, 6) is 0.161. The molecule has 0 aromatic rings. The molecule has 0 saturated heterocycles. The molecule has 1 aliphatic rings. The van der Waals surface area contributed by atoms with Gasteiger partial charge in [-0.1, -0.05) is 17.7 Å². The minimum atomic E-state index is -0.239. The van der Waals surface area contributed by atoms with Crippen LogP contribution in [0, 0.1) is 11.8 Å². The predicted molar refractivity (Wildman–Crippen MR) is 56.7 cm³/mol. The lowest BCUT2D eigenvalue weighted by Gasteiger charge is -2.07. The average Bonchev–Trinajstić information content (AvgIpc) is 2.53. The van der Waals surface area contributed by atoms with Crippen LogP contribution in [-0.2, 0) is 9.53 Å². The molecule has 1 aliphatic carbocycles. The van der Waals surface area contributed by atoms with Crippen molar-refractivity contribution < 1.29 is 9.53 Å². The van der Waals surface area contributed by atoms with Gasteiger partial charge >= 0.3 is 5.97 Å². The SMILES string of the molecule is C=C[C@@H]1C[C@H](C=C)C(C(=O)OC)=C1C. The van der Waals surface area contributed by atoms with E-state index in [-0.39, 0.29) is 17.8 Å². The minimum absolute atomic E-state index is 0.116. The van der Waals surface area contributed by atoms with Gasteiger partial charge in [-0.2, -0.15) is 0 Å². The third-order valence-corrected chi connectivity index (χ3v) is 2.83. The van der Waals surface area contributed by atoms with Gasteiger partial charge in [-0.3, -0.25) is 0 Å². The molecular formula is C12H16O2. The third-order valence-electron chi connectivity index (χ3n) is 2.83. The number of ether oxygens (including phenoxy) is 1. The van der Waals surface area contributed by atoms with Crippen LogP contribution in [0.25, 0.3) is 0 Å². The molecule has 2 heteroatoms. The van der Waals surface area contributed by atoms with Crippen LogP contribution < -0.4 is 0 Å². The zero-order valence-corrected chi connectivity index (χ0v) is 8.75. The smallest absolute Gasteiger partial charge is 0.334 e. The summed E-state index contributed by atoms with van der Waals surface area (Å²) in [4.78, 5) is 11.5. The summed E-state index contributed by atoms with van der Waals surface area (Å²) < 4.78 is 4.75. The van der Waals surface area contributed by atoms with E-state index < -0.39 is 0 Å². The standard InChI is InChI=1S/C12H16O2/c1-5-9-7-10(6-2)11(8(9)3)12(13)14-4/h5-6,9-10H,1-2,7H2,3-4H3/t9-,10+/m1/s1. The van der Waals surface area contributed by atoms with Gasteiger partial charge in [-0.15, -0.1) is 13.2 Å². The Morgan fingerprint density at radius 3 is 2.43 bits per heavy atom. The molecule has 0 radical (unpaired) electrons. The summed E-state index contributed by atoms with van der Waals surface area (Å²) in [6.45, 7) is 9.46. The van der Waals surface area contributed by atoms with E-state index >= 15 is 0 Å². The fourth-order valence-corrected chi connectivity index (χ4v) is 1.97. The van der Waals surface area contributed by atoms with Crippen molar-refractivity contribution in [2.24, 2.45) is 11.8 Å². The lowest BCUT2D eigenvalue weighted by molar-refractivity contribution is -0.136. The summed E-state index contributed by atoms with van der Waals surface area (Å²) in [5, 5.41) is 0. The molecule has 0 aromatic carbocycles. The zero-order valence-electron chi connectivity index (χ0n) is 8.75. The Labute approximate surface area is 85.0 Å². The van der Waals surface area contributed by atoms with Gasteiger partial charge in [0, 0.05) is 11.5 Å². The number of carbonyl (C=O) groups excluding carboxylic acids is 1. The first-order valence-electron chi connectivity index (χ1n) is 4.69. The predicted octanol–water partition coefficient (Wildman–Crippen LogP) is 2.48. The number of carbonyl (C=O) groups is 1. The first kappa shape index (κ1) is 10.8. The van der Waals surface area contributed by atoms with Crippen LogP contribution in [0.1, 0.15) is 13.3 Å². The summed E-state index contributed by atoms with van der Waals surface area (Å²) in [5.41, 5.74) is 1.82. The number of allylic oxidation sites excluding steroid dienone is 3. The molecule has 0 amide bonds. The highest BCUT2D eigenvalue weighted by Crippen LogP contribution is 2.38. The van der Waals surface area contributed by atoms with Crippen molar-refractivity contribution in [2.75, 3.05) is 7.11 Å². The lowest BCUT2D eigenvalue weighted by atomic mass is 10.00. The Morgan fingerprint density at radius 2 is 2.00 bits per heavy atom. The quantitative estimate of drug-likeness (QED) is 0.507. The Kier molecular flexibility index (Phi) is 3.28. The first-order valence-corrected chi connectivity index (χ1v) is 4.69. The highest BCUT2D eigenvalue weighted by Gasteiger charge is 2.32. The van der Waals surface area contributed by atoms with E-state index in [1.54, 1.807) is 6.08 Å². The van der Waals surface area contributed by atoms with E-state index in [4.69, 9.17) is 4.74 Å². The molecule has 0 aromatic heterocycles. The van der Waals surface area contributed by atoms with Crippen LogP contribution in [0.3, 0.4) is 0 Å². The van der Waals surface area contributed by atoms with Gasteiger partial charge in [0.15, 0.2) is 0 Å². The second kappa shape index (κ2) is 4.27. The van der Waals surface area contributed by atoms with Gasteiger partial charge in [0.2, 0.25) is 0 Å². The van der Waals surface area contributed by atoms with Crippen molar-refractivity contribution in [1.82, 2.24) is 0 Å². The summed E-state index contributed by atoms with van der Waals surface area (Å²) in [6.07, 6.45) is 4.57. The molecule has 0 spiro atoms. The maximum Gasteiger partial charge on any atom is 0.334 e. The molecule has 76 valence electrons.